The quantitative estimate of drug-likeness (QED) is 0.671. The molecule has 0 spiro atoms. The summed E-state index contributed by atoms with van der Waals surface area (Å²) in [5.41, 5.74) is 0.192. The summed E-state index contributed by atoms with van der Waals surface area (Å²) in [5.74, 6) is -1.39. The van der Waals surface area contributed by atoms with Crippen LogP contribution in [-0.2, 0) is 4.74 Å². The highest BCUT2D eigenvalue weighted by Crippen LogP contribution is 2.25. The number of ether oxygens (including phenoxy) is 1. The van der Waals surface area contributed by atoms with Crippen LogP contribution in [0.25, 0.3) is 0 Å². The maximum atomic E-state index is 11.7. The van der Waals surface area contributed by atoms with E-state index in [4.69, 9.17) is 9.84 Å². The van der Waals surface area contributed by atoms with Gasteiger partial charge in [-0.05, 0) is 22.0 Å². The number of carboxylic acid groups (broad SMARTS) is 1. The highest BCUT2D eigenvalue weighted by molar-refractivity contribution is 9.10. The van der Waals surface area contributed by atoms with Crippen molar-refractivity contribution in [3.63, 3.8) is 0 Å². The molecule has 2 rings (SSSR count). The number of hydrogen-bond donors (Lipinski definition) is 1. The van der Waals surface area contributed by atoms with Crippen molar-refractivity contribution >= 4 is 27.7 Å². The smallest absolute Gasteiger partial charge is 0.337 e. The van der Waals surface area contributed by atoms with E-state index in [-0.39, 0.29) is 16.9 Å². The van der Waals surface area contributed by atoms with Crippen LogP contribution in [0.2, 0.25) is 0 Å². The van der Waals surface area contributed by atoms with E-state index in [9.17, 15) is 9.59 Å². The molecular weight excluding hydrogens is 264 g/mol. The van der Waals surface area contributed by atoms with Crippen LogP contribution in [0.1, 0.15) is 20.7 Å². The molecule has 0 saturated carbocycles. The first-order valence-electron chi connectivity index (χ1n) is 4.29. The number of carboxylic acids is 1. The van der Waals surface area contributed by atoms with Crippen LogP contribution in [-0.4, -0.2) is 29.6 Å². The molecule has 1 saturated heterocycles. The molecule has 1 aromatic rings. The van der Waals surface area contributed by atoms with Gasteiger partial charge in [0.15, 0.2) is 5.78 Å². The number of halogens is 1. The van der Waals surface area contributed by atoms with E-state index >= 15 is 0 Å². The van der Waals surface area contributed by atoms with Gasteiger partial charge in [-0.25, -0.2) is 4.79 Å². The van der Waals surface area contributed by atoms with Gasteiger partial charge in [0, 0.05) is 10.0 Å². The fourth-order valence-electron chi connectivity index (χ4n) is 1.32. The molecular formula is C10H7BrO4. The van der Waals surface area contributed by atoms with Crippen molar-refractivity contribution < 1.29 is 19.4 Å². The van der Waals surface area contributed by atoms with Gasteiger partial charge in [0.25, 0.3) is 0 Å². The summed E-state index contributed by atoms with van der Waals surface area (Å²) in [6.07, 6.45) is -0.461. The third-order valence-electron chi connectivity index (χ3n) is 2.12. The number of aromatic carboxylic acids is 1. The monoisotopic (exact) mass is 270 g/mol. The number of rotatable bonds is 3. The minimum Gasteiger partial charge on any atom is -0.478 e. The second-order valence-electron chi connectivity index (χ2n) is 3.15. The Bertz CT molecular complexity index is 437. The Morgan fingerprint density at radius 3 is 2.67 bits per heavy atom. The Morgan fingerprint density at radius 2 is 2.13 bits per heavy atom. The average molecular weight is 271 g/mol. The second kappa shape index (κ2) is 3.75. The van der Waals surface area contributed by atoms with Crippen molar-refractivity contribution in [1.82, 2.24) is 0 Å². The predicted octanol–water partition coefficient (Wildman–Crippen LogP) is 1.73. The number of Topliss-reactive ketones (excluding diaryl/α,β-unsaturated/α-hetero) is 1. The SMILES string of the molecule is O=C(O)c1c(Br)cccc1C(=O)C1CO1. The van der Waals surface area contributed by atoms with Crippen LogP contribution in [0.3, 0.4) is 0 Å². The van der Waals surface area contributed by atoms with Gasteiger partial charge >= 0.3 is 5.97 Å². The minimum atomic E-state index is -1.12. The molecule has 1 atom stereocenters. The molecule has 1 aliphatic heterocycles. The fraction of sp³-hybridized carbons (Fsp3) is 0.200. The number of hydrogen-bond acceptors (Lipinski definition) is 3. The third-order valence-corrected chi connectivity index (χ3v) is 2.78. The molecule has 0 bridgehead atoms. The van der Waals surface area contributed by atoms with Crippen LogP contribution < -0.4 is 0 Å². The molecule has 15 heavy (non-hydrogen) atoms. The van der Waals surface area contributed by atoms with Crippen molar-refractivity contribution in [2.75, 3.05) is 6.61 Å². The van der Waals surface area contributed by atoms with Crippen molar-refractivity contribution in [2.45, 2.75) is 6.10 Å². The normalized spacial score (nSPS) is 18.6. The van der Waals surface area contributed by atoms with Gasteiger partial charge < -0.3 is 9.84 Å². The average Bonchev–Trinajstić information content (AvgIpc) is 2.98. The van der Waals surface area contributed by atoms with Crippen molar-refractivity contribution in [2.24, 2.45) is 0 Å². The molecule has 78 valence electrons. The molecule has 1 fully saturated rings. The third kappa shape index (κ3) is 1.93. The molecule has 0 amide bonds. The van der Waals surface area contributed by atoms with E-state index < -0.39 is 12.1 Å². The maximum Gasteiger partial charge on any atom is 0.337 e. The largest absolute Gasteiger partial charge is 0.478 e. The number of carbonyl (C=O) groups excluding carboxylic acids is 1. The minimum absolute atomic E-state index is 0.00185. The first-order chi connectivity index (χ1) is 7.11. The van der Waals surface area contributed by atoms with E-state index in [1.807, 2.05) is 0 Å². The van der Waals surface area contributed by atoms with E-state index in [0.717, 1.165) is 0 Å². The molecule has 4 nitrogen and oxygen atoms in total. The van der Waals surface area contributed by atoms with Crippen molar-refractivity contribution in [3.05, 3.63) is 33.8 Å². The van der Waals surface area contributed by atoms with E-state index in [1.54, 1.807) is 12.1 Å². The molecule has 0 aromatic heterocycles. The molecule has 5 heteroatoms. The van der Waals surface area contributed by atoms with Gasteiger partial charge in [0.05, 0.1) is 12.2 Å². The van der Waals surface area contributed by atoms with Crippen LogP contribution >= 0.6 is 15.9 Å². The lowest BCUT2D eigenvalue weighted by molar-refractivity contribution is 0.0690. The first-order valence-corrected chi connectivity index (χ1v) is 5.08. The first kappa shape index (κ1) is 10.3. The summed E-state index contributed by atoms with van der Waals surface area (Å²) in [6, 6.07) is 4.72. The van der Waals surface area contributed by atoms with E-state index in [2.05, 4.69) is 15.9 Å². The summed E-state index contributed by atoms with van der Waals surface area (Å²) in [5, 5.41) is 8.97. The number of ketones is 1. The molecule has 1 unspecified atom stereocenters. The molecule has 1 heterocycles. The number of benzene rings is 1. The van der Waals surface area contributed by atoms with E-state index in [1.165, 1.54) is 6.07 Å². The molecule has 1 N–H and O–H groups in total. The van der Waals surface area contributed by atoms with Gasteiger partial charge in [-0.15, -0.1) is 0 Å². The Balaban J connectivity index is 2.49. The molecule has 1 aliphatic rings. The summed E-state index contributed by atoms with van der Waals surface area (Å²) in [6.45, 7) is 0.379. The zero-order valence-electron chi connectivity index (χ0n) is 7.57. The summed E-state index contributed by atoms with van der Waals surface area (Å²) in [7, 11) is 0. The van der Waals surface area contributed by atoms with Crippen molar-refractivity contribution in [1.29, 1.82) is 0 Å². The van der Waals surface area contributed by atoms with Crippen LogP contribution in [0, 0.1) is 0 Å². The van der Waals surface area contributed by atoms with Crippen molar-refractivity contribution in [3.8, 4) is 0 Å². The fourth-order valence-corrected chi connectivity index (χ4v) is 1.86. The van der Waals surface area contributed by atoms with Gasteiger partial charge in [-0.2, -0.15) is 0 Å². The van der Waals surface area contributed by atoms with Gasteiger partial charge in [0.2, 0.25) is 0 Å². The lowest BCUT2D eigenvalue weighted by atomic mass is 10.0. The standard InChI is InChI=1S/C10H7BrO4/c11-6-3-1-2-5(8(6)10(13)14)9(12)7-4-15-7/h1-3,7H,4H2,(H,13,14). The Kier molecular flexibility index (Phi) is 2.58. The van der Waals surface area contributed by atoms with Crippen LogP contribution in [0.5, 0.6) is 0 Å². The number of carbonyl (C=O) groups is 2. The molecule has 1 aromatic carbocycles. The van der Waals surface area contributed by atoms with Gasteiger partial charge in [-0.1, -0.05) is 12.1 Å². The number of epoxide rings is 1. The lowest BCUT2D eigenvalue weighted by Crippen LogP contribution is -2.13. The molecule has 0 radical (unpaired) electrons. The zero-order valence-corrected chi connectivity index (χ0v) is 9.15. The topological polar surface area (TPSA) is 66.9 Å². The summed E-state index contributed by atoms with van der Waals surface area (Å²) >= 11 is 3.11. The van der Waals surface area contributed by atoms with Gasteiger partial charge in [-0.3, -0.25) is 4.79 Å². The van der Waals surface area contributed by atoms with Crippen LogP contribution in [0.15, 0.2) is 22.7 Å². The van der Waals surface area contributed by atoms with Crippen LogP contribution in [0.4, 0.5) is 0 Å². The Morgan fingerprint density at radius 1 is 1.47 bits per heavy atom. The summed E-state index contributed by atoms with van der Waals surface area (Å²) < 4.78 is 5.25. The summed E-state index contributed by atoms with van der Waals surface area (Å²) in [4.78, 5) is 22.6. The second-order valence-corrected chi connectivity index (χ2v) is 4.01. The Labute approximate surface area is 94.0 Å². The zero-order chi connectivity index (χ0) is 11.0. The highest BCUT2D eigenvalue weighted by Gasteiger charge is 2.34. The predicted molar refractivity (Wildman–Crippen MR) is 55.2 cm³/mol. The molecule has 0 aliphatic carbocycles. The van der Waals surface area contributed by atoms with E-state index in [0.29, 0.717) is 11.1 Å². The maximum absolute atomic E-state index is 11.7. The Hall–Kier alpha value is -1.20. The highest BCUT2D eigenvalue weighted by atomic mass is 79.9. The lowest BCUT2D eigenvalue weighted by Gasteiger charge is -2.04. The van der Waals surface area contributed by atoms with Gasteiger partial charge in [0.1, 0.15) is 6.10 Å².